The summed E-state index contributed by atoms with van der Waals surface area (Å²) in [7, 11) is -4.56. The fraction of sp³-hybridized carbons (Fsp3) is 0.286. The number of benzene rings is 4. The molecule has 10 N–H and O–H groups in total. The van der Waals surface area contributed by atoms with Gasteiger partial charge in [-0.2, -0.15) is 8.78 Å². The number of amides is 6. The molecule has 4 aromatic rings. The molecule has 64 heavy (non-hydrogen) atoms. The number of phenolic OH excluding ortho intramolecular Hbond substituents is 1. The van der Waals surface area contributed by atoms with Gasteiger partial charge in [-0.05, 0) is 102 Å². The Kier molecular flexibility index (Phi) is 18.3. The summed E-state index contributed by atoms with van der Waals surface area (Å²) in [6, 6.07) is 15.0. The Labute approximate surface area is 388 Å². The highest BCUT2D eigenvalue weighted by Crippen LogP contribution is 2.59. The van der Waals surface area contributed by atoms with E-state index in [4.69, 9.17) is 10.5 Å². The van der Waals surface area contributed by atoms with Crippen LogP contribution in [-0.2, 0) is 42.2 Å². The predicted octanol–water partition coefficient (Wildman–Crippen LogP) is 3.67. The second-order valence-electron chi connectivity index (χ2n) is 14.4. The van der Waals surface area contributed by atoms with Crippen molar-refractivity contribution in [3.8, 4) is 11.5 Å². The smallest absolute Gasteiger partial charge is 0.399 e. The van der Waals surface area contributed by atoms with Crippen LogP contribution in [0.5, 0.6) is 11.5 Å². The molecule has 342 valence electrons. The van der Waals surface area contributed by atoms with Crippen LogP contribution in [0.1, 0.15) is 55.8 Å². The summed E-state index contributed by atoms with van der Waals surface area (Å²) in [4.78, 5) is 98.2. The number of carbonyl (C=O) groups is 6. The van der Waals surface area contributed by atoms with Gasteiger partial charge in [0, 0.05) is 44.2 Å². The van der Waals surface area contributed by atoms with Crippen LogP contribution in [0.3, 0.4) is 0 Å². The number of hydrogen-bond donors (Lipinski definition) is 9. The van der Waals surface area contributed by atoms with Crippen LogP contribution in [0.2, 0.25) is 0 Å². The van der Waals surface area contributed by atoms with Crippen LogP contribution in [0.15, 0.2) is 89.4 Å². The van der Waals surface area contributed by atoms with Crippen LogP contribution in [-0.4, -0.2) is 88.7 Å². The van der Waals surface area contributed by atoms with Crippen molar-refractivity contribution in [3.05, 3.63) is 126 Å². The predicted molar refractivity (Wildman–Crippen MR) is 241 cm³/mol. The van der Waals surface area contributed by atoms with Gasteiger partial charge in [-0.1, -0.05) is 58.4 Å². The number of hydrogen-bond acceptors (Lipinski definition) is 9. The van der Waals surface area contributed by atoms with E-state index < -0.39 is 78.9 Å². The first-order valence-electron chi connectivity index (χ1n) is 19.3. The van der Waals surface area contributed by atoms with Crippen LogP contribution in [0.4, 0.5) is 8.78 Å². The van der Waals surface area contributed by atoms with E-state index in [1.807, 2.05) is 0 Å². The van der Waals surface area contributed by atoms with Crippen molar-refractivity contribution in [2.45, 2.75) is 56.4 Å². The van der Waals surface area contributed by atoms with Gasteiger partial charge in [0.25, 0.3) is 11.8 Å². The third kappa shape index (κ3) is 14.5. The number of primary amides is 1. The largest absolute Gasteiger partial charge is 0.504 e. The maximum atomic E-state index is 14.4. The van der Waals surface area contributed by atoms with Crippen molar-refractivity contribution in [2.75, 3.05) is 20.2 Å². The summed E-state index contributed by atoms with van der Waals surface area (Å²) in [6.45, 7) is 1.34. The van der Waals surface area contributed by atoms with Gasteiger partial charge < -0.3 is 51.9 Å². The average Bonchev–Trinajstić information content (AvgIpc) is 3.24. The molecular weight excluding hydrogens is 1040 g/mol. The Balaban J connectivity index is 1.58. The number of alkyl halides is 2. The van der Waals surface area contributed by atoms with Crippen molar-refractivity contribution in [1.82, 2.24) is 26.6 Å². The molecule has 0 saturated carbocycles. The van der Waals surface area contributed by atoms with Crippen LogP contribution >= 0.6 is 46.1 Å². The van der Waals surface area contributed by atoms with Gasteiger partial charge in [0.1, 0.15) is 18.1 Å². The molecule has 3 atom stereocenters. The minimum absolute atomic E-state index is 0.0232. The molecule has 0 bridgehead atoms. The Hall–Kier alpha value is -5.48. The van der Waals surface area contributed by atoms with E-state index >= 15 is 0 Å². The molecule has 6 amide bonds. The van der Waals surface area contributed by atoms with Gasteiger partial charge in [0.05, 0.1) is 13.5 Å². The van der Waals surface area contributed by atoms with Crippen LogP contribution in [0.25, 0.3) is 0 Å². The number of nitrogens with two attached hydrogens (primary N) is 1. The Bertz CT molecular complexity index is 2430. The molecule has 17 nitrogen and oxygen atoms in total. The zero-order chi connectivity index (χ0) is 47.4. The summed E-state index contributed by atoms with van der Waals surface area (Å²) >= 11 is 5.41. The summed E-state index contributed by atoms with van der Waals surface area (Å²) in [5, 5.41) is 22.7. The molecule has 22 heteroatoms. The maximum Gasteiger partial charge on any atom is 0.399 e. The number of halogens is 4. The molecule has 0 unspecified atom stereocenters. The van der Waals surface area contributed by atoms with Crippen LogP contribution in [0, 0.1) is 10.5 Å². The first-order chi connectivity index (χ1) is 30.1. The summed E-state index contributed by atoms with van der Waals surface area (Å²) < 4.78 is 46.8. The molecule has 4 aromatic carbocycles. The van der Waals surface area contributed by atoms with Gasteiger partial charge in [0.2, 0.25) is 23.6 Å². The molecule has 0 aliphatic rings. The average molecular weight is 1090 g/mol. The van der Waals surface area contributed by atoms with Gasteiger partial charge >= 0.3 is 13.3 Å². The van der Waals surface area contributed by atoms with Crippen LogP contribution < -0.4 is 37.1 Å². The molecule has 0 fully saturated rings. The lowest BCUT2D eigenvalue weighted by Crippen LogP contribution is -2.58. The standard InChI is InChI=1S/C42H45BrF2IN6O11P/c1-23-8-12-27(21-30(23)43)39(57)51-32(17-24-9-13-28(14-10-24)42(44,45)64(60,61)62)41(59)50-31(7-4-16-48-38(56)26-5-3-6-29(46)20-26)40(58)52-33(37(47)55)22-49-36(54)19-25-11-15-34(53)35(18-25)63-2/h3,5-6,8-15,18,20-21,31-33,53H,4,7,16-17,19,22H2,1-2H3,(H2,47,55)(H,48,56)(H,49,54)(H,50,59)(H,51,57)(H,52,58)(H2,60,61,62)/t31-,32-,33-/m0/s1. The molecule has 0 aliphatic carbocycles. The fourth-order valence-corrected chi connectivity index (χ4v) is 7.41. The normalized spacial score (nSPS) is 12.8. The fourth-order valence-electron chi connectivity index (χ4n) is 6.00. The van der Waals surface area contributed by atoms with Gasteiger partial charge in [-0.25, -0.2) is 0 Å². The van der Waals surface area contributed by atoms with E-state index in [0.29, 0.717) is 15.6 Å². The molecule has 0 heterocycles. The molecule has 0 radical (unpaired) electrons. The minimum Gasteiger partial charge on any atom is -0.504 e. The first kappa shape index (κ1) is 51.2. The lowest BCUT2D eigenvalue weighted by atomic mass is 10.0. The number of aromatic hydroxyl groups is 1. The van der Waals surface area contributed by atoms with E-state index in [1.54, 1.807) is 37.3 Å². The topological polar surface area (TPSA) is 276 Å². The molecule has 0 aromatic heterocycles. The third-order valence-corrected chi connectivity index (χ3v) is 12.1. The molecule has 0 saturated heterocycles. The third-order valence-electron chi connectivity index (χ3n) is 9.61. The van der Waals surface area contributed by atoms with E-state index in [2.05, 4.69) is 65.1 Å². The zero-order valence-electron chi connectivity index (χ0n) is 34.2. The van der Waals surface area contributed by atoms with Gasteiger partial charge in [0.15, 0.2) is 11.5 Å². The Morgan fingerprint density at radius 2 is 1.47 bits per heavy atom. The number of nitrogens with one attached hydrogen (secondary N) is 5. The molecule has 0 spiro atoms. The number of phenols is 1. The second kappa shape index (κ2) is 22.9. The highest BCUT2D eigenvalue weighted by atomic mass is 127. The quantitative estimate of drug-likeness (QED) is 0.0330. The highest BCUT2D eigenvalue weighted by Gasteiger charge is 2.50. The molecular formula is C42H45BrF2IN6O11P. The first-order valence-corrected chi connectivity index (χ1v) is 22.7. The van der Waals surface area contributed by atoms with Gasteiger partial charge in [-0.15, -0.1) is 0 Å². The SMILES string of the molecule is COc1cc(CC(=O)NC[C@H](NC(=O)[C@H](CCCNC(=O)c2cccc(I)c2)NC(=O)[C@H](Cc2ccc(C(F)(F)P(=O)(O)O)cc2)NC(=O)c2ccc(C)c(Br)c2)C(N)=O)ccc1O. The summed E-state index contributed by atoms with van der Waals surface area (Å²) in [5.41, 5.74) is 2.02. The summed E-state index contributed by atoms with van der Waals surface area (Å²) in [5.74, 6) is -4.67. The number of ether oxygens (including phenoxy) is 1. The van der Waals surface area contributed by atoms with Crippen molar-refractivity contribution in [2.24, 2.45) is 5.73 Å². The molecule has 0 aliphatic heterocycles. The number of carbonyl (C=O) groups excluding carboxylic acids is 6. The van der Waals surface area contributed by atoms with Crippen molar-refractivity contribution >= 4 is 81.6 Å². The molecule has 4 rings (SSSR count). The Morgan fingerprint density at radius 1 is 0.828 bits per heavy atom. The second-order valence-corrected chi connectivity index (χ2v) is 18.1. The summed E-state index contributed by atoms with van der Waals surface area (Å²) in [6.07, 6.45) is -0.631. The number of rotatable bonds is 21. The highest BCUT2D eigenvalue weighted by molar-refractivity contribution is 14.1. The van der Waals surface area contributed by atoms with E-state index in [0.717, 1.165) is 33.4 Å². The lowest BCUT2D eigenvalue weighted by Gasteiger charge is -2.25. The van der Waals surface area contributed by atoms with Crippen molar-refractivity contribution in [1.29, 1.82) is 0 Å². The Morgan fingerprint density at radius 3 is 2.09 bits per heavy atom. The zero-order valence-corrected chi connectivity index (χ0v) is 38.8. The number of methoxy groups -OCH3 is 1. The minimum atomic E-state index is -5.90. The lowest BCUT2D eigenvalue weighted by molar-refractivity contribution is -0.132. The van der Waals surface area contributed by atoms with E-state index in [1.165, 1.54) is 37.4 Å². The van der Waals surface area contributed by atoms with E-state index in [-0.39, 0.29) is 54.9 Å². The van der Waals surface area contributed by atoms with E-state index in [9.17, 15) is 57.0 Å². The monoisotopic (exact) mass is 1080 g/mol. The van der Waals surface area contributed by atoms with Crippen molar-refractivity contribution in [3.63, 3.8) is 0 Å². The number of aryl methyl sites for hydroxylation is 1. The van der Waals surface area contributed by atoms with Crippen molar-refractivity contribution < 1.29 is 61.7 Å². The maximum absolute atomic E-state index is 14.4. The van der Waals surface area contributed by atoms with Gasteiger partial charge in [-0.3, -0.25) is 33.3 Å².